The fourth-order valence-corrected chi connectivity index (χ4v) is 2.67. The van der Waals surface area contributed by atoms with Crippen LogP contribution in [0.3, 0.4) is 0 Å². The van der Waals surface area contributed by atoms with Gasteiger partial charge in [0, 0.05) is 35.4 Å². The SMILES string of the molecule is OC(CNc1ccc(F)cc1I)CN1CCOCC1. The van der Waals surface area contributed by atoms with Crippen molar-refractivity contribution in [1.82, 2.24) is 4.90 Å². The van der Waals surface area contributed by atoms with Gasteiger partial charge in [-0.3, -0.25) is 4.90 Å². The molecule has 1 aliphatic rings. The predicted molar refractivity (Wildman–Crippen MR) is 80.9 cm³/mol. The van der Waals surface area contributed by atoms with E-state index in [1.54, 1.807) is 6.07 Å². The van der Waals surface area contributed by atoms with Gasteiger partial charge >= 0.3 is 0 Å². The Morgan fingerprint density at radius 2 is 2.16 bits per heavy atom. The summed E-state index contributed by atoms with van der Waals surface area (Å²) >= 11 is 2.08. The van der Waals surface area contributed by atoms with Gasteiger partial charge in [0.15, 0.2) is 0 Å². The van der Waals surface area contributed by atoms with Crippen LogP contribution in [0.1, 0.15) is 0 Å². The Hall–Kier alpha value is -0.440. The van der Waals surface area contributed by atoms with Crippen molar-refractivity contribution >= 4 is 28.3 Å². The van der Waals surface area contributed by atoms with E-state index in [1.807, 2.05) is 0 Å². The Morgan fingerprint density at radius 1 is 1.42 bits per heavy atom. The molecule has 19 heavy (non-hydrogen) atoms. The number of ether oxygens (including phenoxy) is 1. The number of anilines is 1. The van der Waals surface area contributed by atoms with Crippen LogP contribution in [-0.2, 0) is 4.74 Å². The summed E-state index contributed by atoms with van der Waals surface area (Å²) in [6, 6.07) is 4.58. The Kier molecular flexibility index (Phi) is 5.80. The van der Waals surface area contributed by atoms with Crippen LogP contribution in [0.4, 0.5) is 10.1 Å². The molecule has 1 fully saturated rings. The third-order valence-corrected chi connectivity index (χ3v) is 3.92. The molecule has 1 aliphatic heterocycles. The molecule has 0 radical (unpaired) electrons. The fraction of sp³-hybridized carbons (Fsp3) is 0.538. The zero-order valence-electron chi connectivity index (χ0n) is 10.6. The molecule has 1 unspecified atom stereocenters. The first kappa shape index (κ1) is 15.0. The number of hydrogen-bond donors (Lipinski definition) is 2. The van der Waals surface area contributed by atoms with E-state index in [1.165, 1.54) is 12.1 Å². The van der Waals surface area contributed by atoms with Gasteiger partial charge in [-0.05, 0) is 40.8 Å². The van der Waals surface area contributed by atoms with Crippen molar-refractivity contribution in [2.45, 2.75) is 6.10 Å². The molecule has 1 saturated heterocycles. The molecule has 1 aromatic carbocycles. The molecule has 0 amide bonds. The molecule has 106 valence electrons. The van der Waals surface area contributed by atoms with E-state index in [-0.39, 0.29) is 5.82 Å². The normalized spacial score (nSPS) is 18.3. The third kappa shape index (κ3) is 4.87. The standard InChI is InChI=1S/C13H18FIN2O2/c14-10-1-2-13(12(15)7-10)16-8-11(18)9-17-3-5-19-6-4-17/h1-2,7,11,16,18H,3-6,8-9H2. The van der Waals surface area contributed by atoms with Gasteiger partial charge in [0.25, 0.3) is 0 Å². The van der Waals surface area contributed by atoms with Crippen LogP contribution < -0.4 is 5.32 Å². The first-order valence-corrected chi connectivity index (χ1v) is 7.40. The van der Waals surface area contributed by atoms with E-state index in [4.69, 9.17) is 4.74 Å². The molecule has 1 aromatic rings. The summed E-state index contributed by atoms with van der Waals surface area (Å²) in [5, 5.41) is 13.1. The maximum Gasteiger partial charge on any atom is 0.124 e. The minimum atomic E-state index is -0.445. The number of aliphatic hydroxyl groups excluding tert-OH is 1. The van der Waals surface area contributed by atoms with Crippen molar-refractivity contribution in [3.05, 3.63) is 27.6 Å². The van der Waals surface area contributed by atoms with Crippen molar-refractivity contribution in [2.75, 3.05) is 44.7 Å². The van der Waals surface area contributed by atoms with Crippen molar-refractivity contribution in [3.63, 3.8) is 0 Å². The quantitative estimate of drug-likeness (QED) is 0.761. The monoisotopic (exact) mass is 380 g/mol. The van der Waals surface area contributed by atoms with Gasteiger partial charge < -0.3 is 15.2 Å². The maximum atomic E-state index is 13.0. The summed E-state index contributed by atoms with van der Waals surface area (Å²) in [7, 11) is 0. The molecule has 1 heterocycles. The summed E-state index contributed by atoms with van der Waals surface area (Å²) < 4.78 is 19.0. The number of morpholine rings is 1. The van der Waals surface area contributed by atoms with Crippen LogP contribution in [0.25, 0.3) is 0 Å². The Morgan fingerprint density at radius 3 is 2.84 bits per heavy atom. The van der Waals surface area contributed by atoms with Gasteiger partial charge in [0.05, 0.1) is 19.3 Å². The first-order valence-electron chi connectivity index (χ1n) is 6.32. The lowest BCUT2D eigenvalue weighted by atomic mass is 10.2. The zero-order chi connectivity index (χ0) is 13.7. The smallest absolute Gasteiger partial charge is 0.124 e. The highest BCUT2D eigenvalue weighted by atomic mass is 127. The van der Waals surface area contributed by atoms with E-state index in [0.29, 0.717) is 13.1 Å². The van der Waals surface area contributed by atoms with Gasteiger partial charge in [-0.1, -0.05) is 0 Å². The molecule has 0 bridgehead atoms. The number of nitrogens with zero attached hydrogens (tertiary/aromatic N) is 1. The minimum absolute atomic E-state index is 0.246. The van der Waals surface area contributed by atoms with Crippen LogP contribution in [-0.4, -0.2) is 55.5 Å². The van der Waals surface area contributed by atoms with Gasteiger partial charge in [-0.2, -0.15) is 0 Å². The van der Waals surface area contributed by atoms with Gasteiger partial charge in [0.2, 0.25) is 0 Å². The highest BCUT2D eigenvalue weighted by molar-refractivity contribution is 14.1. The number of nitrogens with one attached hydrogen (secondary N) is 1. The summed E-state index contributed by atoms with van der Waals surface area (Å²) in [5.41, 5.74) is 0.850. The highest BCUT2D eigenvalue weighted by Crippen LogP contribution is 2.18. The van der Waals surface area contributed by atoms with Crippen LogP contribution in [0.5, 0.6) is 0 Å². The second kappa shape index (κ2) is 7.37. The second-order valence-electron chi connectivity index (χ2n) is 4.57. The van der Waals surface area contributed by atoms with E-state index in [9.17, 15) is 9.50 Å². The Labute approximate surface area is 126 Å². The largest absolute Gasteiger partial charge is 0.390 e. The summed E-state index contributed by atoms with van der Waals surface area (Å²) in [6.45, 7) is 4.29. The van der Waals surface area contributed by atoms with Gasteiger partial charge in [-0.25, -0.2) is 4.39 Å². The van der Waals surface area contributed by atoms with E-state index < -0.39 is 6.10 Å². The second-order valence-corrected chi connectivity index (χ2v) is 5.73. The lowest BCUT2D eigenvalue weighted by molar-refractivity contribution is 0.0171. The maximum absolute atomic E-state index is 13.0. The number of benzene rings is 1. The minimum Gasteiger partial charge on any atom is -0.390 e. The number of rotatable bonds is 5. The zero-order valence-corrected chi connectivity index (χ0v) is 12.8. The molecular formula is C13H18FIN2O2. The van der Waals surface area contributed by atoms with Crippen molar-refractivity contribution < 1.29 is 14.2 Å². The average Bonchev–Trinajstić information content (AvgIpc) is 2.39. The molecule has 1 atom stereocenters. The molecular weight excluding hydrogens is 362 g/mol. The average molecular weight is 380 g/mol. The number of halogens is 2. The molecule has 2 N–H and O–H groups in total. The molecule has 0 saturated carbocycles. The van der Waals surface area contributed by atoms with E-state index in [0.717, 1.165) is 35.6 Å². The van der Waals surface area contributed by atoms with Crippen LogP contribution >= 0.6 is 22.6 Å². The van der Waals surface area contributed by atoms with Crippen molar-refractivity contribution in [3.8, 4) is 0 Å². The Balaban J connectivity index is 1.77. The molecule has 4 nitrogen and oxygen atoms in total. The highest BCUT2D eigenvalue weighted by Gasteiger charge is 2.14. The van der Waals surface area contributed by atoms with E-state index >= 15 is 0 Å². The summed E-state index contributed by atoms with van der Waals surface area (Å²) in [6.07, 6.45) is -0.445. The molecule has 0 aliphatic carbocycles. The first-order chi connectivity index (χ1) is 9.15. The van der Waals surface area contributed by atoms with Crippen molar-refractivity contribution in [1.29, 1.82) is 0 Å². The number of β-amino-alcohol motifs (C(OH)–C–C–N with tert-alkyl or cyclic N) is 1. The summed E-state index contributed by atoms with van der Waals surface area (Å²) in [5.74, 6) is -0.246. The third-order valence-electron chi connectivity index (χ3n) is 3.03. The lowest BCUT2D eigenvalue weighted by Crippen LogP contribution is -2.42. The topological polar surface area (TPSA) is 44.7 Å². The van der Waals surface area contributed by atoms with Crippen LogP contribution in [0.15, 0.2) is 18.2 Å². The van der Waals surface area contributed by atoms with Gasteiger partial charge in [0.1, 0.15) is 5.82 Å². The summed E-state index contributed by atoms with van der Waals surface area (Å²) in [4.78, 5) is 2.19. The lowest BCUT2D eigenvalue weighted by Gasteiger charge is -2.28. The van der Waals surface area contributed by atoms with E-state index in [2.05, 4.69) is 32.8 Å². The van der Waals surface area contributed by atoms with Crippen LogP contribution in [0.2, 0.25) is 0 Å². The molecule has 6 heteroatoms. The van der Waals surface area contributed by atoms with Crippen LogP contribution in [0, 0.1) is 9.39 Å². The van der Waals surface area contributed by atoms with Crippen molar-refractivity contribution in [2.24, 2.45) is 0 Å². The molecule has 2 rings (SSSR count). The molecule has 0 aromatic heterocycles. The molecule has 0 spiro atoms. The van der Waals surface area contributed by atoms with Gasteiger partial charge in [-0.15, -0.1) is 0 Å². The number of hydrogen-bond acceptors (Lipinski definition) is 4. The predicted octanol–water partition coefficient (Wildman–Crippen LogP) is 1.54. The number of aliphatic hydroxyl groups is 1. The Bertz CT molecular complexity index is 414. The fourth-order valence-electron chi connectivity index (χ4n) is 2.01.